The minimum absolute atomic E-state index is 0.0501. The summed E-state index contributed by atoms with van der Waals surface area (Å²) in [5.74, 6) is -0.420. The van der Waals surface area contributed by atoms with Gasteiger partial charge >= 0.3 is 0 Å². The molecule has 2 aromatic carbocycles. The molecule has 19 heavy (non-hydrogen) atoms. The minimum atomic E-state index is -0.370. The topological polar surface area (TPSA) is 49.3 Å². The van der Waals surface area contributed by atoms with Gasteiger partial charge in [0.25, 0.3) is 5.91 Å². The lowest BCUT2D eigenvalue weighted by atomic mass is 10.2. The van der Waals surface area contributed by atoms with E-state index in [2.05, 4.69) is 43.8 Å². The fraction of sp³-hybridized carbons (Fsp3) is 0. The van der Waals surface area contributed by atoms with Gasteiger partial charge in [0.05, 0.1) is 10.6 Å². The number of halogens is 3. The Morgan fingerprint density at radius 1 is 1.26 bits per heavy atom. The van der Waals surface area contributed by atoms with Crippen LogP contribution in [0.3, 0.4) is 0 Å². The molecule has 0 aromatic heterocycles. The number of phenols is 1. The van der Waals surface area contributed by atoms with Crippen LogP contribution in [-0.2, 0) is 0 Å². The van der Waals surface area contributed by atoms with Crippen molar-refractivity contribution in [2.24, 2.45) is 0 Å². The normalized spacial score (nSPS) is 10.3. The summed E-state index contributed by atoms with van der Waals surface area (Å²) in [5, 5.41) is 13.0. The highest BCUT2D eigenvalue weighted by atomic mass is 127. The molecular formula is C13H8BrClINO2. The highest BCUT2D eigenvalue weighted by Crippen LogP contribution is 2.26. The van der Waals surface area contributed by atoms with Crippen molar-refractivity contribution in [2.45, 2.75) is 0 Å². The Kier molecular flexibility index (Phi) is 4.70. The molecule has 1 amide bonds. The van der Waals surface area contributed by atoms with E-state index in [0.717, 1.165) is 3.57 Å². The number of hydrogen-bond donors (Lipinski definition) is 2. The molecule has 2 aromatic rings. The van der Waals surface area contributed by atoms with E-state index in [1.165, 1.54) is 6.07 Å². The van der Waals surface area contributed by atoms with E-state index in [4.69, 9.17) is 11.6 Å². The van der Waals surface area contributed by atoms with Crippen LogP contribution >= 0.6 is 50.1 Å². The van der Waals surface area contributed by atoms with Crippen LogP contribution in [0.15, 0.2) is 40.9 Å². The zero-order chi connectivity index (χ0) is 14.0. The van der Waals surface area contributed by atoms with Gasteiger partial charge in [0.1, 0.15) is 5.75 Å². The lowest BCUT2D eigenvalue weighted by Gasteiger charge is -2.08. The van der Waals surface area contributed by atoms with Crippen LogP contribution in [-0.4, -0.2) is 11.0 Å². The van der Waals surface area contributed by atoms with E-state index >= 15 is 0 Å². The number of carbonyl (C=O) groups excluding carboxylic acids is 1. The molecule has 3 nitrogen and oxygen atoms in total. The number of anilines is 1. The van der Waals surface area contributed by atoms with E-state index in [0.29, 0.717) is 15.2 Å². The molecule has 0 saturated carbocycles. The number of benzene rings is 2. The number of rotatable bonds is 2. The van der Waals surface area contributed by atoms with Gasteiger partial charge in [0.2, 0.25) is 0 Å². The van der Waals surface area contributed by atoms with E-state index in [1.807, 2.05) is 0 Å². The molecule has 0 unspecified atom stereocenters. The molecule has 0 radical (unpaired) electrons. The van der Waals surface area contributed by atoms with Crippen molar-refractivity contribution in [3.05, 3.63) is 55.0 Å². The Labute approximate surface area is 137 Å². The summed E-state index contributed by atoms with van der Waals surface area (Å²) in [6.07, 6.45) is 0. The van der Waals surface area contributed by atoms with E-state index < -0.39 is 0 Å². The summed E-state index contributed by atoms with van der Waals surface area (Å²) >= 11 is 11.2. The molecule has 0 heterocycles. The molecule has 98 valence electrons. The molecule has 0 aliphatic rings. The Morgan fingerprint density at radius 2 is 2.00 bits per heavy atom. The van der Waals surface area contributed by atoms with Crippen molar-refractivity contribution < 1.29 is 9.90 Å². The molecule has 0 saturated heterocycles. The van der Waals surface area contributed by atoms with Crippen LogP contribution < -0.4 is 5.32 Å². The van der Waals surface area contributed by atoms with Gasteiger partial charge in [0, 0.05) is 13.7 Å². The van der Waals surface area contributed by atoms with Gasteiger partial charge in [-0.2, -0.15) is 0 Å². The molecule has 6 heteroatoms. The van der Waals surface area contributed by atoms with Crippen LogP contribution in [0.25, 0.3) is 0 Å². The Hall–Kier alpha value is -0.790. The summed E-state index contributed by atoms with van der Waals surface area (Å²) in [7, 11) is 0. The zero-order valence-corrected chi connectivity index (χ0v) is 14.0. The molecule has 0 bridgehead atoms. The fourth-order valence-electron chi connectivity index (χ4n) is 1.46. The average Bonchev–Trinajstić information content (AvgIpc) is 2.36. The third-order valence-corrected chi connectivity index (χ3v) is 4.27. The maximum absolute atomic E-state index is 12.1. The fourth-order valence-corrected chi connectivity index (χ4v) is 2.45. The van der Waals surface area contributed by atoms with Crippen molar-refractivity contribution in [3.8, 4) is 5.75 Å². The van der Waals surface area contributed by atoms with E-state index in [1.54, 1.807) is 30.3 Å². The number of nitrogens with one attached hydrogen (secondary N) is 1. The molecule has 0 atom stereocenters. The van der Waals surface area contributed by atoms with Gasteiger partial charge < -0.3 is 10.4 Å². The zero-order valence-electron chi connectivity index (χ0n) is 9.45. The van der Waals surface area contributed by atoms with Crippen molar-refractivity contribution in [1.29, 1.82) is 0 Å². The van der Waals surface area contributed by atoms with Gasteiger partial charge in [0.15, 0.2) is 0 Å². The summed E-state index contributed by atoms with van der Waals surface area (Å²) < 4.78 is 1.57. The van der Waals surface area contributed by atoms with Gasteiger partial charge in [-0.3, -0.25) is 4.79 Å². The summed E-state index contributed by atoms with van der Waals surface area (Å²) in [6, 6.07) is 9.91. The predicted molar refractivity (Wildman–Crippen MR) is 87.9 cm³/mol. The van der Waals surface area contributed by atoms with Crippen LogP contribution in [0.4, 0.5) is 5.69 Å². The maximum Gasteiger partial charge on any atom is 0.259 e. The molecule has 2 rings (SSSR count). The monoisotopic (exact) mass is 451 g/mol. The van der Waals surface area contributed by atoms with Crippen molar-refractivity contribution >= 4 is 61.7 Å². The highest BCUT2D eigenvalue weighted by Gasteiger charge is 2.12. The average molecular weight is 452 g/mol. The Balaban J connectivity index is 2.25. The first-order valence-corrected chi connectivity index (χ1v) is 7.47. The number of hydrogen-bond acceptors (Lipinski definition) is 2. The SMILES string of the molecule is O=C(Nc1ccc(Cl)c(Br)c1)c1cc(I)ccc1O. The second-order valence-electron chi connectivity index (χ2n) is 3.74. The summed E-state index contributed by atoms with van der Waals surface area (Å²) in [4.78, 5) is 12.1. The van der Waals surface area contributed by atoms with Gasteiger partial charge in [-0.05, 0) is 74.9 Å². The van der Waals surface area contributed by atoms with Crippen LogP contribution in [0.1, 0.15) is 10.4 Å². The van der Waals surface area contributed by atoms with Gasteiger partial charge in [-0.25, -0.2) is 0 Å². The molecule has 0 spiro atoms. The first-order chi connectivity index (χ1) is 8.97. The second kappa shape index (κ2) is 6.11. The molecule has 0 aliphatic carbocycles. The first kappa shape index (κ1) is 14.6. The van der Waals surface area contributed by atoms with Crippen molar-refractivity contribution in [2.75, 3.05) is 5.32 Å². The number of phenolic OH excluding ortho intramolecular Hbond substituents is 1. The van der Waals surface area contributed by atoms with Gasteiger partial charge in [-0.1, -0.05) is 11.6 Å². The van der Waals surface area contributed by atoms with Crippen LogP contribution in [0, 0.1) is 3.57 Å². The second-order valence-corrected chi connectivity index (χ2v) is 6.25. The van der Waals surface area contributed by atoms with E-state index in [-0.39, 0.29) is 17.2 Å². The molecule has 2 N–H and O–H groups in total. The summed E-state index contributed by atoms with van der Waals surface area (Å²) in [5.41, 5.74) is 0.831. The smallest absolute Gasteiger partial charge is 0.259 e. The number of aromatic hydroxyl groups is 1. The Bertz CT molecular complexity index is 649. The van der Waals surface area contributed by atoms with Gasteiger partial charge in [-0.15, -0.1) is 0 Å². The lowest BCUT2D eigenvalue weighted by Crippen LogP contribution is -2.12. The highest BCUT2D eigenvalue weighted by molar-refractivity contribution is 14.1. The minimum Gasteiger partial charge on any atom is -0.507 e. The largest absolute Gasteiger partial charge is 0.507 e. The standard InChI is InChI=1S/C13H8BrClINO2/c14-10-6-8(2-3-11(10)15)17-13(19)9-5-7(16)1-4-12(9)18/h1-6,18H,(H,17,19). The van der Waals surface area contributed by atoms with Crippen LogP contribution in [0.2, 0.25) is 5.02 Å². The number of amides is 1. The predicted octanol–water partition coefficient (Wildman–Crippen LogP) is 4.67. The number of carbonyl (C=O) groups is 1. The van der Waals surface area contributed by atoms with Crippen LogP contribution in [0.5, 0.6) is 5.75 Å². The molecule has 0 fully saturated rings. The maximum atomic E-state index is 12.1. The van der Waals surface area contributed by atoms with Crippen molar-refractivity contribution in [1.82, 2.24) is 0 Å². The molecular weight excluding hydrogens is 444 g/mol. The summed E-state index contributed by atoms with van der Waals surface area (Å²) in [6.45, 7) is 0. The lowest BCUT2D eigenvalue weighted by molar-refractivity contribution is 0.102. The third-order valence-electron chi connectivity index (χ3n) is 2.38. The molecule has 0 aliphatic heterocycles. The van der Waals surface area contributed by atoms with Crippen molar-refractivity contribution in [3.63, 3.8) is 0 Å². The third kappa shape index (κ3) is 3.61. The quantitative estimate of drug-likeness (QED) is 0.651. The van der Waals surface area contributed by atoms with E-state index in [9.17, 15) is 9.90 Å². The first-order valence-electron chi connectivity index (χ1n) is 5.22. The Morgan fingerprint density at radius 3 is 2.68 bits per heavy atom.